The summed E-state index contributed by atoms with van der Waals surface area (Å²) in [7, 11) is 0. The van der Waals surface area contributed by atoms with Crippen molar-refractivity contribution in [3.05, 3.63) is 47.0 Å². The summed E-state index contributed by atoms with van der Waals surface area (Å²) in [5, 5.41) is 8.61. The van der Waals surface area contributed by atoms with Gasteiger partial charge in [0, 0.05) is 17.6 Å². The Balaban J connectivity index is 1.75. The third kappa shape index (κ3) is 3.58. The first kappa shape index (κ1) is 18.4. The van der Waals surface area contributed by atoms with E-state index >= 15 is 0 Å². The number of hydrogen-bond acceptors (Lipinski definition) is 4. The number of carbonyl (C=O) groups excluding carboxylic acids is 2. The molecule has 1 aromatic heterocycles. The van der Waals surface area contributed by atoms with Gasteiger partial charge in [0.25, 0.3) is 0 Å². The molecule has 138 valence electrons. The predicted molar refractivity (Wildman–Crippen MR) is 97.3 cm³/mol. The Morgan fingerprint density at radius 2 is 1.96 bits per heavy atom. The van der Waals surface area contributed by atoms with Crippen LogP contribution in [0.1, 0.15) is 38.2 Å². The number of aromatic nitrogens is 3. The van der Waals surface area contributed by atoms with E-state index in [4.69, 9.17) is 11.6 Å². The van der Waals surface area contributed by atoms with Crippen LogP contribution in [0.15, 0.2) is 30.6 Å². The van der Waals surface area contributed by atoms with Gasteiger partial charge in [-0.15, -0.1) is 10.2 Å². The van der Waals surface area contributed by atoms with Gasteiger partial charge in [0.05, 0.1) is 6.54 Å². The second-order valence-corrected chi connectivity index (χ2v) is 7.14. The van der Waals surface area contributed by atoms with Crippen molar-refractivity contribution in [2.24, 2.45) is 0 Å². The molecule has 2 heterocycles. The number of amides is 2. The van der Waals surface area contributed by atoms with E-state index in [1.807, 2.05) is 36.6 Å². The monoisotopic (exact) mass is 375 g/mol. The summed E-state index contributed by atoms with van der Waals surface area (Å²) in [5.74, 6) is 0.468. The van der Waals surface area contributed by atoms with E-state index in [0.717, 1.165) is 5.56 Å². The summed E-state index contributed by atoms with van der Waals surface area (Å²) in [6.45, 7) is 6.41. The fourth-order valence-electron chi connectivity index (χ4n) is 3.10. The van der Waals surface area contributed by atoms with E-state index < -0.39 is 6.04 Å². The van der Waals surface area contributed by atoms with E-state index in [9.17, 15) is 9.59 Å². The zero-order valence-corrected chi connectivity index (χ0v) is 15.8. The molecule has 1 aliphatic rings. The number of piperazine rings is 1. The molecule has 1 atom stereocenters. The Morgan fingerprint density at radius 3 is 2.65 bits per heavy atom. The predicted octanol–water partition coefficient (Wildman–Crippen LogP) is 2.27. The lowest BCUT2D eigenvalue weighted by Crippen LogP contribution is -2.58. The molecule has 0 N–H and O–H groups in total. The molecule has 0 radical (unpaired) electrons. The standard InChI is InChI=1S/C18H22ClN5O2/c1-12(2)24-11-20-21-16(24)9-23-13(3)18(26)22(10-17(23)25)8-14-6-4-5-7-15(14)19/h4-7,11-13H,8-10H2,1-3H3/t13-/m0/s1. The lowest BCUT2D eigenvalue weighted by molar-refractivity contribution is -0.156. The summed E-state index contributed by atoms with van der Waals surface area (Å²) in [6, 6.07) is 6.97. The van der Waals surface area contributed by atoms with Crippen LogP contribution in [0, 0.1) is 0 Å². The summed E-state index contributed by atoms with van der Waals surface area (Å²) in [6.07, 6.45) is 1.64. The van der Waals surface area contributed by atoms with E-state index in [0.29, 0.717) is 17.4 Å². The first-order valence-corrected chi connectivity index (χ1v) is 8.96. The molecule has 8 heteroatoms. The minimum atomic E-state index is -0.559. The third-order valence-electron chi connectivity index (χ3n) is 4.62. The third-order valence-corrected chi connectivity index (χ3v) is 4.99. The molecular formula is C18H22ClN5O2. The number of rotatable bonds is 5. The van der Waals surface area contributed by atoms with Gasteiger partial charge in [-0.05, 0) is 32.4 Å². The van der Waals surface area contributed by atoms with Crippen LogP contribution in [0.4, 0.5) is 0 Å². The van der Waals surface area contributed by atoms with Crippen LogP contribution in [0.5, 0.6) is 0 Å². The van der Waals surface area contributed by atoms with Crippen molar-refractivity contribution in [3.8, 4) is 0 Å². The molecule has 1 aromatic carbocycles. The average molecular weight is 376 g/mol. The van der Waals surface area contributed by atoms with Crippen LogP contribution < -0.4 is 0 Å². The Hall–Kier alpha value is -2.41. The highest BCUT2D eigenvalue weighted by Crippen LogP contribution is 2.22. The van der Waals surface area contributed by atoms with Gasteiger partial charge in [-0.1, -0.05) is 29.8 Å². The number of nitrogens with zero attached hydrogens (tertiary/aromatic N) is 5. The van der Waals surface area contributed by atoms with Gasteiger partial charge in [0.1, 0.15) is 18.9 Å². The van der Waals surface area contributed by atoms with Crippen LogP contribution in [-0.2, 0) is 22.7 Å². The molecule has 3 rings (SSSR count). The van der Waals surface area contributed by atoms with Gasteiger partial charge in [0.15, 0.2) is 5.82 Å². The van der Waals surface area contributed by atoms with Crippen LogP contribution in [0.3, 0.4) is 0 Å². The van der Waals surface area contributed by atoms with Gasteiger partial charge in [-0.3, -0.25) is 9.59 Å². The molecule has 2 amide bonds. The van der Waals surface area contributed by atoms with Gasteiger partial charge >= 0.3 is 0 Å². The number of hydrogen-bond donors (Lipinski definition) is 0. The minimum Gasteiger partial charge on any atom is -0.327 e. The van der Waals surface area contributed by atoms with Crippen molar-refractivity contribution in [3.63, 3.8) is 0 Å². The highest BCUT2D eigenvalue weighted by molar-refractivity contribution is 6.31. The number of benzene rings is 1. The van der Waals surface area contributed by atoms with Crippen molar-refractivity contribution in [1.82, 2.24) is 24.6 Å². The average Bonchev–Trinajstić information content (AvgIpc) is 3.07. The lowest BCUT2D eigenvalue weighted by atomic mass is 10.1. The summed E-state index contributed by atoms with van der Waals surface area (Å²) in [5.41, 5.74) is 0.829. The lowest BCUT2D eigenvalue weighted by Gasteiger charge is -2.38. The first-order chi connectivity index (χ1) is 12.4. The van der Waals surface area contributed by atoms with Gasteiger partial charge in [-0.25, -0.2) is 0 Å². The van der Waals surface area contributed by atoms with Crippen LogP contribution in [0.25, 0.3) is 0 Å². The van der Waals surface area contributed by atoms with Crippen LogP contribution >= 0.6 is 11.6 Å². The molecule has 7 nitrogen and oxygen atoms in total. The van der Waals surface area contributed by atoms with E-state index in [1.54, 1.807) is 29.1 Å². The Kier molecular flexibility index (Phi) is 5.27. The number of halogens is 1. The Bertz CT molecular complexity index is 819. The molecule has 0 spiro atoms. The highest BCUT2D eigenvalue weighted by atomic mass is 35.5. The smallest absolute Gasteiger partial charge is 0.245 e. The molecular weight excluding hydrogens is 354 g/mol. The van der Waals surface area contributed by atoms with Crippen molar-refractivity contribution >= 4 is 23.4 Å². The topological polar surface area (TPSA) is 71.3 Å². The van der Waals surface area contributed by atoms with Crippen LogP contribution in [0.2, 0.25) is 5.02 Å². The molecule has 0 bridgehead atoms. The van der Waals surface area contributed by atoms with Crippen molar-refractivity contribution in [1.29, 1.82) is 0 Å². The fraction of sp³-hybridized carbons (Fsp3) is 0.444. The summed E-state index contributed by atoms with van der Waals surface area (Å²) >= 11 is 6.18. The maximum atomic E-state index is 12.8. The van der Waals surface area contributed by atoms with Crippen molar-refractivity contribution < 1.29 is 9.59 Å². The molecule has 0 saturated carbocycles. The SMILES string of the molecule is CC(C)n1cnnc1CN1C(=O)CN(Cc2ccccc2Cl)C(=O)[C@@H]1C. The second kappa shape index (κ2) is 7.45. The first-order valence-electron chi connectivity index (χ1n) is 8.58. The molecule has 26 heavy (non-hydrogen) atoms. The fourth-order valence-corrected chi connectivity index (χ4v) is 3.30. The van der Waals surface area contributed by atoms with Crippen molar-refractivity contribution in [2.75, 3.05) is 6.54 Å². The van der Waals surface area contributed by atoms with Gasteiger partial charge < -0.3 is 14.4 Å². The molecule has 1 aliphatic heterocycles. The normalized spacial score (nSPS) is 18.1. The minimum absolute atomic E-state index is 0.0320. The molecule has 1 fully saturated rings. The molecule has 0 unspecified atom stereocenters. The van der Waals surface area contributed by atoms with E-state index in [-0.39, 0.29) is 30.9 Å². The maximum absolute atomic E-state index is 12.8. The molecule has 0 aliphatic carbocycles. The molecule has 1 saturated heterocycles. The Labute approximate surface area is 157 Å². The van der Waals surface area contributed by atoms with Gasteiger partial charge in [0.2, 0.25) is 11.8 Å². The number of carbonyl (C=O) groups is 2. The maximum Gasteiger partial charge on any atom is 0.245 e. The highest BCUT2D eigenvalue weighted by Gasteiger charge is 2.37. The zero-order valence-electron chi connectivity index (χ0n) is 15.1. The van der Waals surface area contributed by atoms with Gasteiger partial charge in [-0.2, -0.15) is 0 Å². The molecule has 2 aromatic rings. The second-order valence-electron chi connectivity index (χ2n) is 6.73. The zero-order chi connectivity index (χ0) is 18.8. The summed E-state index contributed by atoms with van der Waals surface area (Å²) in [4.78, 5) is 28.6. The van der Waals surface area contributed by atoms with Crippen molar-refractivity contribution in [2.45, 2.75) is 45.9 Å². The Morgan fingerprint density at radius 1 is 1.23 bits per heavy atom. The van der Waals surface area contributed by atoms with E-state index in [1.165, 1.54) is 0 Å². The van der Waals surface area contributed by atoms with E-state index in [2.05, 4.69) is 10.2 Å². The largest absolute Gasteiger partial charge is 0.327 e. The summed E-state index contributed by atoms with van der Waals surface area (Å²) < 4.78 is 1.90. The van der Waals surface area contributed by atoms with Crippen LogP contribution in [-0.4, -0.2) is 49.0 Å². The quantitative estimate of drug-likeness (QED) is 0.803.